The molecule has 3 N–H and O–H groups in total. The van der Waals surface area contributed by atoms with Crippen LogP contribution < -0.4 is 11.1 Å². The summed E-state index contributed by atoms with van der Waals surface area (Å²) in [5.41, 5.74) is 5.38. The monoisotopic (exact) mass is 198 g/mol. The highest BCUT2D eigenvalue weighted by Crippen LogP contribution is 2.31. The van der Waals surface area contributed by atoms with Crippen LogP contribution in [0.25, 0.3) is 0 Å². The summed E-state index contributed by atoms with van der Waals surface area (Å²) in [4.78, 5) is 11.2. The smallest absolute Gasteiger partial charge is 0.222 e. The molecule has 0 saturated carbocycles. The molecule has 0 aliphatic carbocycles. The first-order valence-electron chi connectivity index (χ1n) is 5.37. The van der Waals surface area contributed by atoms with Gasteiger partial charge < -0.3 is 15.8 Å². The van der Waals surface area contributed by atoms with Crippen LogP contribution in [0.15, 0.2) is 0 Å². The Labute approximate surface area is 84.2 Å². The summed E-state index contributed by atoms with van der Waals surface area (Å²) in [5, 5.41) is 3.26. The molecule has 0 aromatic rings. The van der Waals surface area contributed by atoms with E-state index in [1.54, 1.807) is 0 Å². The highest BCUT2D eigenvalue weighted by atomic mass is 16.5. The molecule has 0 bridgehead atoms. The maximum absolute atomic E-state index is 11.2. The molecule has 14 heavy (non-hydrogen) atoms. The minimum atomic E-state index is -0.147. The van der Waals surface area contributed by atoms with Gasteiger partial charge in [-0.05, 0) is 31.2 Å². The molecule has 2 saturated heterocycles. The molecule has 4 nitrogen and oxygen atoms in total. The van der Waals surface area contributed by atoms with E-state index in [-0.39, 0.29) is 11.8 Å². The Morgan fingerprint density at radius 2 is 2.00 bits per heavy atom. The van der Waals surface area contributed by atoms with Crippen LogP contribution in [-0.4, -0.2) is 32.2 Å². The summed E-state index contributed by atoms with van der Waals surface area (Å²) in [5.74, 6) is 0.956. The molecule has 0 aromatic heterocycles. The molecule has 2 aliphatic rings. The van der Waals surface area contributed by atoms with Crippen molar-refractivity contribution in [3.8, 4) is 0 Å². The zero-order valence-electron chi connectivity index (χ0n) is 8.37. The summed E-state index contributed by atoms with van der Waals surface area (Å²) in [6, 6.07) is 0. The van der Waals surface area contributed by atoms with Gasteiger partial charge in [0.25, 0.3) is 0 Å². The predicted molar refractivity (Wildman–Crippen MR) is 52.6 cm³/mol. The lowest BCUT2D eigenvalue weighted by molar-refractivity contribution is -0.123. The van der Waals surface area contributed by atoms with Crippen LogP contribution in [0.2, 0.25) is 0 Å². The van der Waals surface area contributed by atoms with Crippen molar-refractivity contribution in [2.75, 3.05) is 26.3 Å². The number of primary amides is 1. The molecular weight excluding hydrogens is 180 g/mol. The number of amides is 1. The Morgan fingerprint density at radius 1 is 1.29 bits per heavy atom. The van der Waals surface area contributed by atoms with E-state index < -0.39 is 0 Å². The second kappa shape index (κ2) is 4.28. The van der Waals surface area contributed by atoms with E-state index >= 15 is 0 Å². The third-order valence-corrected chi connectivity index (χ3v) is 3.50. The van der Waals surface area contributed by atoms with Crippen LogP contribution >= 0.6 is 0 Å². The minimum Gasteiger partial charge on any atom is -0.381 e. The largest absolute Gasteiger partial charge is 0.381 e. The molecule has 2 heterocycles. The Kier molecular flexibility index (Phi) is 3.03. The van der Waals surface area contributed by atoms with Crippen molar-refractivity contribution in [2.45, 2.75) is 12.8 Å². The van der Waals surface area contributed by atoms with Gasteiger partial charge >= 0.3 is 0 Å². The highest BCUT2D eigenvalue weighted by Gasteiger charge is 2.37. The van der Waals surface area contributed by atoms with Crippen LogP contribution in [0.4, 0.5) is 0 Å². The van der Waals surface area contributed by atoms with Crippen molar-refractivity contribution in [3.63, 3.8) is 0 Å². The molecule has 2 atom stereocenters. The summed E-state index contributed by atoms with van der Waals surface area (Å²) in [6.07, 6.45) is 2.16. The lowest BCUT2D eigenvalue weighted by atomic mass is 9.79. The molecule has 0 spiro atoms. The number of hydrogen-bond donors (Lipinski definition) is 2. The van der Waals surface area contributed by atoms with Gasteiger partial charge in [0.05, 0.1) is 5.92 Å². The molecule has 2 unspecified atom stereocenters. The first-order valence-corrected chi connectivity index (χ1v) is 5.37. The predicted octanol–water partition coefficient (Wildman–Crippen LogP) is -0.266. The van der Waals surface area contributed by atoms with Crippen LogP contribution in [-0.2, 0) is 9.53 Å². The summed E-state index contributed by atoms with van der Waals surface area (Å²) < 4.78 is 5.32. The average Bonchev–Trinajstić information content (AvgIpc) is 2.67. The number of hydrogen-bond acceptors (Lipinski definition) is 3. The van der Waals surface area contributed by atoms with Gasteiger partial charge in [-0.15, -0.1) is 0 Å². The van der Waals surface area contributed by atoms with Gasteiger partial charge in [-0.2, -0.15) is 0 Å². The fraction of sp³-hybridized carbons (Fsp3) is 0.900. The standard InChI is InChI=1S/C10H18N2O2/c11-10(13)9-6-12-5-8(9)7-1-3-14-4-2-7/h7-9,12H,1-6H2,(H2,11,13). The third kappa shape index (κ3) is 1.91. The number of ether oxygens (including phenoxy) is 1. The normalized spacial score (nSPS) is 34.6. The van der Waals surface area contributed by atoms with Crippen LogP contribution in [0, 0.1) is 17.8 Å². The van der Waals surface area contributed by atoms with Crippen molar-refractivity contribution in [1.29, 1.82) is 0 Å². The van der Waals surface area contributed by atoms with Gasteiger partial charge in [0.15, 0.2) is 0 Å². The summed E-state index contributed by atoms with van der Waals surface area (Å²) >= 11 is 0. The average molecular weight is 198 g/mol. The van der Waals surface area contributed by atoms with E-state index in [2.05, 4.69) is 5.32 Å². The third-order valence-electron chi connectivity index (χ3n) is 3.50. The maximum Gasteiger partial charge on any atom is 0.222 e. The van der Waals surface area contributed by atoms with Gasteiger partial charge in [0, 0.05) is 19.8 Å². The molecule has 0 aromatic carbocycles. The quantitative estimate of drug-likeness (QED) is 0.642. The highest BCUT2D eigenvalue weighted by molar-refractivity contribution is 5.77. The Morgan fingerprint density at radius 3 is 2.64 bits per heavy atom. The SMILES string of the molecule is NC(=O)C1CNCC1C1CCOCC1. The molecule has 4 heteroatoms. The van der Waals surface area contributed by atoms with Gasteiger partial charge in [-0.1, -0.05) is 0 Å². The van der Waals surface area contributed by atoms with Crippen molar-refractivity contribution < 1.29 is 9.53 Å². The minimum absolute atomic E-state index is 0.0399. The number of nitrogens with one attached hydrogen (secondary N) is 1. The van der Waals surface area contributed by atoms with E-state index in [4.69, 9.17) is 10.5 Å². The topological polar surface area (TPSA) is 64.4 Å². The second-order valence-corrected chi connectivity index (χ2v) is 4.28. The Hall–Kier alpha value is -0.610. The second-order valence-electron chi connectivity index (χ2n) is 4.28. The van der Waals surface area contributed by atoms with Gasteiger partial charge in [-0.3, -0.25) is 4.79 Å². The number of nitrogens with two attached hydrogens (primary N) is 1. The fourth-order valence-corrected chi connectivity index (χ4v) is 2.65. The van der Waals surface area contributed by atoms with E-state index in [9.17, 15) is 4.79 Å². The van der Waals surface area contributed by atoms with Gasteiger partial charge in [-0.25, -0.2) is 0 Å². The lowest BCUT2D eigenvalue weighted by Gasteiger charge is -2.29. The maximum atomic E-state index is 11.2. The molecule has 80 valence electrons. The molecule has 1 amide bonds. The molecule has 2 aliphatic heterocycles. The zero-order chi connectivity index (χ0) is 9.97. The van der Waals surface area contributed by atoms with Crippen molar-refractivity contribution in [3.05, 3.63) is 0 Å². The first-order chi connectivity index (χ1) is 6.79. The number of carbonyl (C=O) groups excluding carboxylic acids is 1. The zero-order valence-corrected chi connectivity index (χ0v) is 8.37. The van der Waals surface area contributed by atoms with E-state index in [1.165, 1.54) is 0 Å². The van der Waals surface area contributed by atoms with E-state index in [0.717, 1.165) is 39.1 Å². The molecule has 0 radical (unpaired) electrons. The van der Waals surface area contributed by atoms with Gasteiger partial charge in [0.1, 0.15) is 0 Å². The molecular formula is C10H18N2O2. The first kappa shape index (κ1) is 9.93. The molecule has 2 fully saturated rings. The van der Waals surface area contributed by atoms with Crippen molar-refractivity contribution in [2.24, 2.45) is 23.5 Å². The number of carbonyl (C=O) groups is 1. The molecule has 2 rings (SSSR count). The summed E-state index contributed by atoms with van der Waals surface area (Å²) in [7, 11) is 0. The fourth-order valence-electron chi connectivity index (χ4n) is 2.65. The Bertz CT molecular complexity index is 214. The van der Waals surface area contributed by atoms with E-state index in [1.807, 2.05) is 0 Å². The van der Waals surface area contributed by atoms with Crippen molar-refractivity contribution in [1.82, 2.24) is 5.32 Å². The lowest BCUT2D eigenvalue weighted by Crippen LogP contribution is -2.35. The van der Waals surface area contributed by atoms with E-state index in [0.29, 0.717) is 11.8 Å². The van der Waals surface area contributed by atoms with Crippen molar-refractivity contribution >= 4 is 5.91 Å². The number of rotatable bonds is 2. The van der Waals surface area contributed by atoms with Gasteiger partial charge in [0.2, 0.25) is 5.91 Å². The van der Waals surface area contributed by atoms with Crippen LogP contribution in [0.1, 0.15) is 12.8 Å². The van der Waals surface area contributed by atoms with Crippen LogP contribution in [0.3, 0.4) is 0 Å². The summed E-state index contributed by atoms with van der Waals surface area (Å²) in [6.45, 7) is 3.38. The van der Waals surface area contributed by atoms with Crippen LogP contribution in [0.5, 0.6) is 0 Å². The Balaban J connectivity index is 1.97.